The molecule has 1 aliphatic carbocycles. The fourth-order valence-electron chi connectivity index (χ4n) is 2.07. The average Bonchev–Trinajstić information content (AvgIpc) is 2.61. The Hall–Kier alpha value is -0.870. The first-order chi connectivity index (χ1) is 6.83. The zero-order valence-corrected chi connectivity index (χ0v) is 8.51. The minimum atomic E-state index is -0.474. The molecular weight excluding hydrogens is 178 g/mol. The van der Waals surface area contributed by atoms with Gasteiger partial charge in [-0.2, -0.15) is 5.10 Å². The van der Waals surface area contributed by atoms with Gasteiger partial charge in [-0.3, -0.25) is 5.10 Å². The van der Waals surface area contributed by atoms with E-state index in [4.69, 9.17) is 0 Å². The van der Waals surface area contributed by atoms with E-state index in [-0.39, 0.29) is 0 Å². The number of likely N-dealkylation sites (N-methyl/N-ethyl adjacent to an activating group) is 1. The summed E-state index contributed by atoms with van der Waals surface area (Å²) in [4.78, 5) is 0. The van der Waals surface area contributed by atoms with Crippen LogP contribution in [0.1, 0.15) is 35.9 Å². The van der Waals surface area contributed by atoms with Crippen LogP contribution in [0, 0.1) is 0 Å². The molecule has 2 rings (SSSR count). The van der Waals surface area contributed by atoms with Crippen molar-refractivity contribution < 1.29 is 5.11 Å². The summed E-state index contributed by atoms with van der Waals surface area (Å²) in [5, 5.41) is 20.0. The van der Waals surface area contributed by atoms with Crippen molar-refractivity contribution in [2.24, 2.45) is 0 Å². The minimum Gasteiger partial charge on any atom is -0.385 e. The van der Waals surface area contributed by atoms with Crippen LogP contribution in [0.15, 0.2) is 0 Å². The van der Waals surface area contributed by atoms with E-state index in [1.165, 1.54) is 24.1 Å². The van der Waals surface area contributed by atoms with Crippen molar-refractivity contribution >= 4 is 0 Å². The number of hydrogen-bond acceptors (Lipinski definition) is 3. The molecule has 4 nitrogen and oxygen atoms in total. The Morgan fingerprint density at radius 1 is 1.50 bits per heavy atom. The Labute approximate surface area is 83.7 Å². The Morgan fingerprint density at radius 3 is 3.07 bits per heavy atom. The third kappa shape index (κ3) is 1.67. The Kier molecular flexibility index (Phi) is 2.84. The van der Waals surface area contributed by atoms with Gasteiger partial charge in [-0.15, -0.1) is 0 Å². The van der Waals surface area contributed by atoms with E-state index >= 15 is 0 Å². The molecule has 78 valence electrons. The van der Waals surface area contributed by atoms with Gasteiger partial charge >= 0.3 is 0 Å². The summed E-state index contributed by atoms with van der Waals surface area (Å²) < 4.78 is 0. The molecular formula is C10H17N3O. The maximum Gasteiger partial charge on any atom is 0.110 e. The summed E-state index contributed by atoms with van der Waals surface area (Å²) in [6.07, 6.45) is 4.11. The molecule has 0 saturated heterocycles. The van der Waals surface area contributed by atoms with Gasteiger partial charge in [0.15, 0.2) is 0 Å². The highest BCUT2D eigenvalue weighted by Gasteiger charge is 2.21. The molecule has 1 aromatic rings. The molecule has 0 fully saturated rings. The van der Waals surface area contributed by atoms with Crippen LogP contribution in [0.3, 0.4) is 0 Å². The van der Waals surface area contributed by atoms with Crippen LogP contribution in [0.25, 0.3) is 0 Å². The monoisotopic (exact) mass is 195 g/mol. The van der Waals surface area contributed by atoms with Gasteiger partial charge in [0.2, 0.25) is 0 Å². The zero-order chi connectivity index (χ0) is 9.97. The predicted molar refractivity (Wildman–Crippen MR) is 54.1 cm³/mol. The van der Waals surface area contributed by atoms with Gasteiger partial charge < -0.3 is 10.4 Å². The van der Waals surface area contributed by atoms with Crippen molar-refractivity contribution in [2.75, 3.05) is 13.6 Å². The SMILES string of the molecule is CNCC(O)c1n[nH]c2c1CCCC2. The molecule has 0 spiro atoms. The van der Waals surface area contributed by atoms with Gasteiger partial charge in [0, 0.05) is 12.2 Å². The third-order valence-electron chi connectivity index (χ3n) is 2.80. The topological polar surface area (TPSA) is 60.9 Å². The van der Waals surface area contributed by atoms with Crippen LogP contribution >= 0.6 is 0 Å². The van der Waals surface area contributed by atoms with Crippen LogP contribution in [-0.2, 0) is 12.8 Å². The van der Waals surface area contributed by atoms with E-state index < -0.39 is 6.10 Å². The van der Waals surface area contributed by atoms with Crippen molar-refractivity contribution in [3.8, 4) is 0 Å². The molecule has 0 amide bonds. The second-order valence-electron chi connectivity index (χ2n) is 3.85. The first-order valence-electron chi connectivity index (χ1n) is 5.21. The fraction of sp³-hybridized carbons (Fsp3) is 0.700. The van der Waals surface area contributed by atoms with Gasteiger partial charge in [0.25, 0.3) is 0 Å². The van der Waals surface area contributed by atoms with Crippen molar-refractivity contribution in [1.82, 2.24) is 15.5 Å². The number of aryl methyl sites for hydroxylation is 1. The summed E-state index contributed by atoms with van der Waals surface area (Å²) in [6.45, 7) is 0.567. The number of aromatic amines is 1. The number of aromatic nitrogens is 2. The molecule has 1 atom stereocenters. The minimum absolute atomic E-state index is 0.474. The first kappa shape index (κ1) is 9.68. The van der Waals surface area contributed by atoms with E-state index in [9.17, 15) is 5.11 Å². The highest BCUT2D eigenvalue weighted by molar-refractivity contribution is 5.29. The molecule has 0 saturated carbocycles. The van der Waals surface area contributed by atoms with Crippen molar-refractivity contribution in [1.29, 1.82) is 0 Å². The molecule has 14 heavy (non-hydrogen) atoms. The quantitative estimate of drug-likeness (QED) is 0.659. The largest absolute Gasteiger partial charge is 0.385 e. The summed E-state index contributed by atoms with van der Waals surface area (Å²) in [5.74, 6) is 0. The fourth-order valence-corrected chi connectivity index (χ4v) is 2.07. The molecule has 1 aliphatic rings. The molecule has 0 aliphatic heterocycles. The standard InChI is InChI=1S/C10H17N3O/c1-11-6-9(14)10-7-4-2-3-5-8(7)12-13-10/h9,11,14H,2-6H2,1H3,(H,12,13). The number of nitrogens with one attached hydrogen (secondary N) is 2. The number of nitrogens with zero attached hydrogens (tertiary/aromatic N) is 1. The predicted octanol–water partition coefficient (Wildman–Crippen LogP) is 0.541. The van der Waals surface area contributed by atoms with E-state index in [1.807, 2.05) is 7.05 Å². The lowest BCUT2D eigenvalue weighted by atomic mass is 9.94. The van der Waals surface area contributed by atoms with Gasteiger partial charge in [-0.05, 0) is 38.3 Å². The van der Waals surface area contributed by atoms with Gasteiger partial charge in [0.05, 0.1) is 5.69 Å². The number of fused-ring (bicyclic) bond motifs is 1. The highest BCUT2D eigenvalue weighted by Crippen LogP contribution is 2.25. The van der Waals surface area contributed by atoms with E-state index in [2.05, 4.69) is 15.5 Å². The number of aliphatic hydroxyl groups is 1. The summed E-state index contributed by atoms with van der Waals surface area (Å²) in [6, 6.07) is 0. The lowest BCUT2D eigenvalue weighted by Gasteiger charge is -2.13. The summed E-state index contributed by atoms with van der Waals surface area (Å²) >= 11 is 0. The Balaban J connectivity index is 2.21. The summed E-state index contributed by atoms with van der Waals surface area (Å²) in [7, 11) is 1.84. The van der Waals surface area contributed by atoms with E-state index in [1.54, 1.807) is 0 Å². The maximum atomic E-state index is 9.82. The van der Waals surface area contributed by atoms with E-state index in [0.29, 0.717) is 6.54 Å². The van der Waals surface area contributed by atoms with Crippen LogP contribution in [-0.4, -0.2) is 28.9 Å². The smallest absolute Gasteiger partial charge is 0.110 e. The Bertz CT molecular complexity index is 308. The number of H-pyrrole nitrogens is 1. The zero-order valence-electron chi connectivity index (χ0n) is 8.51. The average molecular weight is 195 g/mol. The molecule has 1 aromatic heterocycles. The van der Waals surface area contributed by atoms with Crippen molar-refractivity contribution in [2.45, 2.75) is 31.8 Å². The van der Waals surface area contributed by atoms with Gasteiger partial charge in [-0.25, -0.2) is 0 Å². The van der Waals surface area contributed by atoms with Crippen LogP contribution in [0.5, 0.6) is 0 Å². The highest BCUT2D eigenvalue weighted by atomic mass is 16.3. The van der Waals surface area contributed by atoms with Crippen molar-refractivity contribution in [3.05, 3.63) is 17.0 Å². The van der Waals surface area contributed by atoms with E-state index in [0.717, 1.165) is 18.5 Å². The molecule has 4 heteroatoms. The van der Waals surface area contributed by atoms with Crippen LogP contribution in [0.2, 0.25) is 0 Å². The lowest BCUT2D eigenvalue weighted by Crippen LogP contribution is -2.18. The normalized spacial score (nSPS) is 17.9. The molecule has 3 N–H and O–H groups in total. The summed E-state index contributed by atoms with van der Waals surface area (Å²) in [5.41, 5.74) is 3.31. The lowest BCUT2D eigenvalue weighted by molar-refractivity contribution is 0.172. The molecule has 1 heterocycles. The number of hydrogen-bond donors (Lipinski definition) is 3. The van der Waals surface area contributed by atoms with Crippen molar-refractivity contribution in [3.63, 3.8) is 0 Å². The maximum absolute atomic E-state index is 9.82. The molecule has 0 aromatic carbocycles. The van der Waals surface area contributed by atoms with Crippen LogP contribution < -0.4 is 5.32 Å². The Morgan fingerprint density at radius 2 is 2.29 bits per heavy atom. The number of aliphatic hydroxyl groups excluding tert-OH is 1. The molecule has 0 radical (unpaired) electrons. The first-order valence-corrected chi connectivity index (χ1v) is 5.21. The second-order valence-corrected chi connectivity index (χ2v) is 3.85. The second kappa shape index (κ2) is 4.11. The van der Waals surface area contributed by atoms with Gasteiger partial charge in [-0.1, -0.05) is 0 Å². The third-order valence-corrected chi connectivity index (χ3v) is 2.80. The molecule has 1 unspecified atom stereocenters. The number of rotatable bonds is 3. The molecule has 0 bridgehead atoms. The van der Waals surface area contributed by atoms with Crippen LogP contribution in [0.4, 0.5) is 0 Å². The van der Waals surface area contributed by atoms with Gasteiger partial charge in [0.1, 0.15) is 6.10 Å².